The van der Waals surface area contributed by atoms with E-state index in [1.165, 1.54) is 6.26 Å². The van der Waals surface area contributed by atoms with Crippen molar-refractivity contribution < 1.29 is 12.8 Å². The van der Waals surface area contributed by atoms with E-state index in [2.05, 4.69) is 41.4 Å². The molecule has 0 atom stereocenters. The fraction of sp³-hybridized carbons (Fsp3) is 0.444. The topological polar surface area (TPSA) is 96.6 Å². The number of oxazole rings is 1. The highest BCUT2D eigenvalue weighted by molar-refractivity contribution is 14.0. The van der Waals surface area contributed by atoms with Gasteiger partial charge in [-0.2, -0.15) is 0 Å². The maximum absolute atomic E-state index is 11.5. The molecule has 0 unspecified atom stereocenters. The predicted molar refractivity (Wildman–Crippen MR) is 117 cm³/mol. The van der Waals surface area contributed by atoms with Crippen LogP contribution in [0.3, 0.4) is 0 Å². The summed E-state index contributed by atoms with van der Waals surface area (Å²) in [6.45, 7) is 7.14. The summed E-state index contributed by atoms with van der Waals surface area (Å²) >= 11 is 0. The largest absolute Gasteiger partial charge is 0.443 e. The molecule has 27 heavy (non-hydrogen) atoms. The van der Waals surface area contributed by atoms with E-state index in [1.807, 2.05) is 0 Å². The second-order valence-corrected chi connectivity index (χ2v) is 9.08. The number of hydrogen-bond acceptors (Lipinski definition) is 5. The molecule has 2 N–H and O–H groups in total. The fourth-order valence-corrected chi connectivity index (χ4v) is 2.79. The molecule has 1 aromatic heterocycles. The summed E-state index contributed by atoms with van der Waals surface area (Å²) in [7, 11) is -1.50. The zero-order valence-electron chi connectivity index (χ0n) is 16.2. The first-order valence-corrected chi connectivity index (χ1v) is 10.2. The normalized spacial score (nSPS) is 12.4. The minimum absolute atomic E-state index is 0. The van der Waals surface area contributed by atoms with Crippen LogP contribution in [0.15, 0.2) is 44.8 Å². The lowest BCUT2D eigenvalue weighted by atomic mass is 9.94. The first-order chi connectivity index (χ1) is 12.1. The second-order valence-electron chi connectivity index (χ2n) is 7.06. The van der Waals surface area contributed by atoms with Crippen LogP contribution in [-0.4, -0.2) is 32.7 Å². The summed E-state index contributed by atoms with van der Waals surface area (Å²) in [5.41, 5.74) is 0.870. The molecule has 0 radical (unpaired) electrons. The molecule has 0 saturated carbocycles. The van der Waals surface area contributed by atoms with Gasteiger partial charge in [-0.25, -0.2) is 13.4 Å². The van der Waals surface area contributed by atoms with Crippen LogP contribution in [0.5, 0.6) is 0 Å². The number of aliphatic imine (C=N–C) groups is 1. The molecule has 0 bridgehead atoms. The first-order valence-electron chi connectivity index (χ1n) is 8.28. The van der Waals surface area contributed by atoms with Gasteiger partial charge in [-0.05, 0) is 17.7 Å². The fourth-order valence-electron chi connectivity index (χ4n) is 2.16. The quantitative estimate of drug-likeness (QED) is 0.368. The Bertz CT molecular complexity index is 869. The number of aromatic nitrogens is 1. The van der Waals surface area contributed by atoms with E-state index >= 15 is 0 Å². The lowest BCUT2D eigenvalue weighted by molar-refractivity contribution is 0.379. The third-order valence-electron chi connectivity index (χ3n) is 3.73. The molecule has 7 nitrogen and oxygen atoms in total. The van der Waals surface area contributed by atoms with Crippen molar-refractivity contribution in [2.75, 3.05) is 13.3 Å². The van der Waals surface area contributed by atoms with E-state index in [-0.39, 0.29) is 29.4 Å². The van der Waals surface area contributed by atoms with Gasteiger partial charge in [0.1, 0.15) is 5.76 Å². The molecule has 0 amide bonds. The molecule has 1 heterocycles. The van der Waals surface area contributed by atoms with Crippen LogP contribution >= 0.6 is 24.0 Å². The van der Waals surface area contributed by atoms with E-state index in [0.717, 1.165) is 11.3 Å². The maximum atomic E-state index is 11.5. The van der Waals surface area contributed by atoms with Gasteiger partial charge in [0.2, 0.25) is 5.89 Å². The molecule has 2 aromatic rings. The van der Waals surface area contributed by atoms with Gasteiger partial charge in [-0.15, -0.1) is 24.0 Å². The molecule has 150 valence electrons. The third-order valence-corrected chi connectivity index (χ3v) is 4.86. The molecular weight excluding hydrogens is 479 g/mol. The van der Waals surface area contributed by atoms with Crippen LogP contribution < -0.4 is 10.6 Å². The predicted octanol–water partition coefficient (Wildman–Crippen LogP) is 2.86. The Labute approximate surface area is 178 Å². The first kappa shape index (κ1) is 23.4. The summed E-state index contributed by atoms with van der Waals surface area (Å²) in [6.07, 6.45) is 2.94. The highest BCUT2D eigenvalue weighted by Crippen LogP contribution is 2.22. The Morgan fingerprint density at radius 3 is 2.22 bits per heavy atom. The number of benzene rings is 1. The van der Waals surface area contributed by atoms with Gasteiger partial charge in [0.05, 0.1) is 17.6 Å². The smallest absolute Gasteiger partial charge is 0.213 e. The zero-order valence-corrected chi connectivity index (χ0v) is 19.4. The van der Waals surface area contributed by atoms with Crippen LogP contribution in [0.25, 0.3) is 0 Å². The lowest BCUT2D eigenvalue weighted by Gasteiger charge is -2.13. The molecule has 0 aliphatic rings. The standard InChI is InChI=1S/C18H26N4O3S.HI/c1-18(2,3)15-11-20-16(25-15)12-22-17(19-4)21-10-13-6-8-14(9-7-13)26(5,23)24;/h6-9,11H,10,12H2,1-5H3,(H2,19,21,22);1H. The summed E-state index contributed by atoms with van der Waals surface area (Å²) in [6, 6.07) is 6.76. The van der Waals surface area contributed by atoms with Crippen molar-refractivity contribution in [3.63, 3.8) is 0 Å². The molecular formula is C18H27IN4O3S. The molecule has 0 fully saturated rings. The average molecular weight is 506 g/mol. The van der Waals surface area contributed by atoms with Gasteiger partial charge in [0, 0.05) is 25.3 Å². The summed E-state index contributed by atoms with van der Waals surface area (Å²) in [5.74, 6) is 2.03. The minimum Gasteiger partial charge on any atom is -0.443 e. The Morgan fingerprint density at radius 2 is 1.74 bits per heavy atom. The van der Waals surface area contributed by atoms with Gasteiger partial charge in [-0.3, -0.25) is 4.99 Å². The van der Waals surface area contributed by atoms with Gasteiger partial charge in [0.15, 0.2) is 15.8 Å². The average Bonchev–Trinajstić information content (AvgIpc) is 3.04. The number of guanidine groups is 1. The van der Waals surface area contributed by atoms with Crippen LogP contribution in [0, 0.1) is 0 Å². The van der Waals surface area contributed by atoms with Crippen LogP contribution in [0.2, 0.25) is 0 Å². The molecule has 0 saturated heterocycles. The monoisotopic (exact) mass is 506 g/mol. The summed E-state index contributed by atoms with van der Waals surface area (Å²) < 4.78 is 28.7. The van der Waals surface area contributed by atoms with Gasteiger partial charge in [-0.1, -0.05) is 32.9 Å². The highest BCUT2D eigenvalue weighted by Gasteiger charge is 2.19. The third kappa shape index (κ3) is 7.13. The maximum Gasteiger partial charge on any atom is 0.213 e. The number of rotatable bonds is 5. The summed E-state index contributed by atoms with van der Waals surface area (Å²) in [5, 5.41) is 6.31. The number of hydrogen-bond donors (Lipinski definition) is 2. The molecule has 0 aliphatic carbocycles. The number of sulfone groups is 1. The highest BCUT2D eigenvalue weighted by atomic mass is 127. The van der Waals surface area contributed by atoms with Crippen molar-refractivity contribution in [1.82, 2.24) is 15.6 Å². The van der Waals surface area contributed by atoms with Crippen molar-refractivity contribution in [2.24, 2.45) is 4.99 Å². The Hall–Kier alpha value is -1.62. The van der Waals surface area contributed by atoms with E-state index < -0.39 is 9.84 Å². The van der Waals surface area contributed by atoms with Crippen molar-refractivity contribution >= 4 is 39.8 Å². The van der Waals surface area contributed by atoms with E-state index in [0.29, 0.717) is 29.8 Å². The molecule has 0 aliphatic heterocycles. The number of halogens is 1. The summed E-state index contributed by atoms with van der Waals surface area (Å²) in [4.78, 5) is 8.74. The van der Waals surface area contributed by atoms with Gasteiger partial charge < -0.3 is 15.1 Å². The van der Waals surface area contributed by atoms with Crippen molar-refractivity contribution in [3.05, 3.63) is 47.7 Å². The van der Waals surface area contributed by atoms with E-state index in [9.17, 15) is 8.42 Å². The Balaban J connectivity index is 0.00000364. The number of nitrogens with zero attached hydrogens (tertiary/aromatic N) is 2. The van der Waals surface area contributed by atoms with Crippen molar-refractivity contribution in [3.8, 4) is 0 Å². The van der Waals surface area contributed by atoms with E-state index in [1.54, 1.807) is 37.5 Å². The lowest BCUT2D eigenvalue weighted by Crippen LogP contribution is -2.36. The molecule has 2 rings (SSSR count). The number of nitrogens with one attached hydrogen (secondary N) is 2. The van der Waals surface area contributed by atoms with E-state index in [4.69, 9.17) is 4.42 Å². The van der Waals surface area contributed by atoms with Crippen LogP contribution in [-0.2, 0) is 28.3 Å². The van der Waals surface area contributed by atoms with Crippen molar-refractivity contribution in [1.29, 1.82) is 0 Å². The Morgan fingerprint density at radius 1 is 1.15 bits per heavy atom. The van der Waals surface area contributed by atoms with Crippen LogP contribution in [0.4, 0.5) is 0 Å². The van der Waals surface area contributed by atoms with Gasteiger partial charge >= 0.3 is 0 Å². The van der Waals surface area contributed by atoms with Crippen molar-refractivity contribution in [2.45, 2.75) is 44.2 Å². The van der Waals surface area contributed by atoms with Crippen LogP contribution in [0.1, 0.15) is 38.0 Å². The molecule has 9 heteroatoms. The second kappa shape index (κ2) is 9.54. The molecule has 1 aromatic carbocycles. The zero-order chi connectivity index (χ0) is 19.4. The Kier molecular flexibility index (Phi) is 8.27. The minimum atomic E-state index is -3.18. The molecule has 0 spiro atoms. The van der Waals surface area contributed by atoms with Gasteiger partial charge in [0.25, 0.3) is 0 Å². The SMILES string of the molecule is CN=C(NCc1ccc(S(C)(=O)=O)cc1)NCc1ncc(C(C)(C)C)o1.I.